The average Bonchev–Trinajstić information content (AvgIpc) is 2.19. The van der Waals surface area contributed by atoms with Gasteiger partial charge >= 0.3 is 0 Å². The highest BCUT2D eigenvalue weighted by Gasteiger charge is 2.36. The molecule has 0 aliphatic heterocycles. The Labute approximate surface area is 99.1 Å². The summed E-state index contributed by atoms with van der Waals surface area (Å²) in [5, 5.41) is 10.1. The second kappa shape index (κ2) is 5.48. The third-order valence-electron chi connectivity index (χ3n) is 3.68. The van der Waals surface area contributed by atoms with Crippen LogP contribution in [0.4, 0.5) is 0 Å². The van der Waals surface area contributed by atoms with Gasteiger partial charge in [0.25, 0.3) is 0 Å². The Morgan fingerprint density at radius 1 is 1.25 bits per heavy atom. The minimum absolute atomic E-state index is 0.0615. The summed E-state index contributed by atoms with van der Waals surface area (Å²) in [4.78, 5) is 0. The lowest BCUT2D eigenvalue weighted by Gasteiger charge is -2.40. The number of rotatable bonds is 3. The molecule has 96 valence electrons. The second-order valence-electron chi connectivity index (χ2n) is 5.92. The van der Waals surface area contributed by atoms with E-state index in [0.29, 0.717) is 5.92 Å². The van der Waals surface area contributed by atoms with Gasteiger partial charge in [-0.1, -0.05) is 20.8 Å². The molecule has 0 aromatic heterocycles. The summed E-state index contributed by atoms with van der Waals surface area (Å²) in [5.41, 5.74) is 0.277. The van der Waals surface area contributed by atoms with E-state index < -0.39 is 0 Å². The van der Waals surface area contributed by atoms with Crippen molar-refractivity contribution < 1.29 is 14.6 Å². The van der Waals surface area contributed by atoms with Crippen LogP contribution >= 0.6 is 0 Å². The predicted molar refractivity (Wildman–Crippen MR) is 64.1 cm³/mol. The minimum Gasteiger partial charge on any atom is -0.390 e. The van der Waals surface area contributed by atoms with Crippen molar-refractivity contribution in [3.63, 3.8) is 0 Å². The molecule has 0 spiro atoms. The third-order valence-corrected chi connectivity index (χ3v) is 3.68. The van der Waals surface area contributed by atoms with Crippen molar-refractivity contribution >= 4 is 0 Å². The van der Waals surface area contributed by atoms with Gasteiger partial charge in [0.05, 0.1) is 12.2 Å². The fourth-order valence-electron chi connectivity index (χ4n) is 2.37. The fraction of sp³-hybridized carbons (Fsp3) is 1.00. The molecule has 0 radical (unpaired) electrons. The molecule has 1 rings (SSSR count). The van der Waals surface area contributed by atoms with Crippen LogP contribution in [0, 0.1) is 11.3 Å². The van der Waals surface area contributed by atoms with E-state index in [0.717, 1.165) is 19.3 Å². The largest absolute Gasteiger partial charge is 0.390 e. The van der Waals surface area contributed by atoms with Crippen molar-refractivity contribution in [2.75, 3.05) is 7.11 Å². The van der Waals surface area contributed by atoms with Gasteiger partial charge in [-0.25, -0.2) is 0 Å². The molecule has 0 heterocycles. The van der Waals surface area contributed by atoms with Crippen molar-refractivity contribution in [1.29, 1.82) is 0 Å². The first-order chi connectivity index (χ1) is 7.34. The summed E-state index contributed by atoms with van der Waals surface area (Å²) in [6, 6.07) is 0. The monoisotopic (exact) mass is 230 g/mol. The van der Waals surface area contributed by atoms with E-state index in [-0.39, 0.29) is 23.9 Å². The SMILES string of the molecule is COC(C)OC1CCC(C(C)(C)C)CC1O. The van der Waals surface area contributed by atoms with Crippen LogP contribution in [0.1, 0.15) is 47.0 Å². The molecular weight excluding hydrogens is 204 g/mol. The van der Waals surface area contributed by atoms with Crippen LogP contribution < -0.4 is 0 Å². The Bertz CT molecular complexity index is 210. The lowest BCUT2D eigenvalue weighted by molar-refractivity contribution is -0.185. The first-order valence-electron chi connectivity index (χ1n) is 6.21. The van der Waals surface area contributed by atoms with E-state index >= 15 is 0 Å². The molecule has 0 amide bonds. The molecule has 0 saturated heterocycles. The molecule has 0 aromatic rings. The zero-order valence-corrected chi connectivity index (χ0v) is 11.2. The maximum Gasteiger partial charge on any atom is 0.154 e. The number of aliphatic hydroxyl groups is 1. The van der Waals surface area contributed by atoms with E-state index in [1.165, 1.54) is 0 Å². The standard InChI is InChI=1S/C13H26O3/c1-9(15-5)16-12-7-6-10(8-11(12)14)13(2,3)4/h9-12,14H,6-8H2,1-5H3. The molecule has 4 atom stereocenters. The number of ether oxygens (including phenoxy) is 2. The van der Waals surface area contributed by atoms with Crippen LogP contribution in [-0.2, 0) is 9.47 Å². The van der Waals surface area contributed by atoms with Crippen LogP contribution in [0.25, 0.3) is 0 Å². The van der Waals surface area contributed by atoms with Gasteiger partial charge in [-0.3, -0.25) is 0 Å². The number of methoxy groups -OCH3 is 1. The van der Waals surface area contributed by atoms with E-state index in [1.54, 1.807) is 7.11 Å². The molecule has 1 aliphatic carbocycles. The van der Waals surface area contributed by atoms with Crippen molar-refractivity contribution in [3.05, 3.63) is 0 Å². The first-order valence-corrected chi connectivity index (χ1v) is 6.21. The number of aliphatic hydroxyl groups excluding tert-OH is 1. The van der Waals surface area contributed by atoms with Gasteiger partial charge in [0.15, 0.2) is 6.29 Å². The second-order valence-corrected chi connectivity index (χ2v) is 5.92. The molecule has 1 aliphatic rings. The molecule has 1 N–H and O–H groups in total. The number of hydrogen-bond acceptors (Lipinski definition) is 3. The normalized spacial score (nSPS) is 33.8. The summed E-state index contributed by atoms with van der Waals surface area (Å²) in [7, 11) is 1.62. The Balaban J connectivity index is 2.46. The van der Waals surface area contributed by atoms with Gasteiger partial charge in [-0.15, -0.1) is 0 Å². The maximum atomic E-state index is 10.1. The van der Waals surface area contributed by atoms with Gasteiger partial charge in [0.1, 0.15) is 0 Å². The Morgan fingerprint density at radius 3 is 2.31 bits per heavy atom. The highest BCUT2D eigenvalue weighted by molar-refractivity contribution is 4.86. The van der Waals surface area contributed by atoms with Crippen LogP contribution in [-0.4, -0.2) is 30.7 Å². The summed E-state index contributed by atoms with van der Waals surface area (Å²) in [6.07, 6.45) is 2.25. The quantitative estimate of drug-likeness (QED) is 0.757. The van der Waals surface area contributed by atoms with Crippen LogP contribution in [0.3, 0.4) is 0 Å². The Kier molecular flexibility index (Phi) is 4.77. The molecule has 3 nitrogen and oxygen atoms in total. The topological polar surface area (TPSA) is 38.7 Å². The van der Waals surface area contributed by atoms with E-state index in [1.807, 2.05) is 6.92 Å². The predicted octanol–water partition coefficient (Wildman–Crippen LogP) is 2.57. The molecule has 0 bridgehead atoms. The van der Waals surface area contributed by atoms with Crippen molar-refractivity contribution in [2.45, 2.75) is 65.5 Å². The minimum atomic E-state index is -0.351. The van der Waals surface area contributed by atoms with E-state index in [9.17, 15) is 5.11 Å². The van der Waals surface area contributed by atoms with Crippen LogP contribution in [0.2, 0.25) is 0 Å². The third kappa shape index (κ3) is 3.72. The van der Waals surface area contributed by atoms with Crippen LogP contribution in [0.5, 0.6) is 0 Å². The Hall–Kier alpha value is -0.120. The van der Waals surface area contributed by atoms with Crippen LogP contribution in [0.15, 0.2) is 0 Å². The lowest BCUT2D eigenvalue weighted by Crippen LogP contribution is -2.41. The summed E-state index contributed by atoms with van der Waals surface area (Å²) >= 11 is 0. The molecule has 1 fully saturated rings. The van der Waals surface area contributed by atoms with Gasteiger partial charge in [0.2, 0.25) is 0 Å². The Morgan fingerprint density at radius 2 is 1.88 bits per heavy atom. The summed E-state index contributed by atoms with van der Waals surface area (Å²) < 4.78 is 10.7. The molecule has 0 aromatic carbocycles. The zero-order chi connectivity index (χ0) is 12.3. The highest BCUT2D eigenvalue weighted by atomic mass is 16.7. The fourth-order valence-corrected chi connectivity index (χ4v) is 2.37. The summed E-state index contributed by atoms with van der Waals surface area (Å²) in [5.74, 6) is 0.584. The molecule has 16 heavy (non-hydrogen) atoms. The van der Waals surface area contributed by atoms with Gasteiger partial charge in [-0.05, 0) is 37.5 Å². The van der Waals surface area contributed by atoms with Gasteiger partial charge in [0, 0.05) is 7.11 Å². The molecule has 3 heteroatoms. The number of hydrogen-bond donors (Lipinski definition) is 1. The van der Waals surface area contributed by atoms with Gasteiger partial charge in [-0.2, -0.15) is 0 Å². The first kappa shape index (κ1) is 13.9. The molecule has 1 saturated carbocycles. The van der Waals surface area contributed by atoms with Gasteiger partial charge < -0.3 is 14.6 Å². The van der Waals surface area contributed by atoms with Crippen molar-refractivity contribution in [1.82, 2.24) is 0 Å². The van der Waals surface area contributed by atoms with E-state index in [4.69, 9.17) is 9.47 Å². The lowest BCUT2D eigenvalue weighted by atomic mass is 9.71. The maximum absolute atomic E-state index is 10.1. The zero-order valence-electron chi connectivity index (χ0n) is 11.2. The summed E-state index contributed by atoms with van der Waals surface area (Å²) in [6.45, 7) is 8.58. The molecular formula is C13H26O3. The van der Waals surface area contributed by atoms with E-state index in [2.05, 4.69) is 20.8 Å². The van der Waals surface area contributed by atoms with Crippen molar-refractivity contribution in [3.8, 4) is 0 Å². The highest BCUT2D eigenvalue weighted by Crippen LogP contribution is 2.38. The smallest absolute Gasteiger partial charge is 0.154 e. The van der Waals surface area contributed by atoms with Crippen molar-refractivity contribution in [2.24, 2.45) is 11.3 Å². The average molecular weight is 230 g/mol. The molecule has 4 unspecified atom stereocenters.